The van der Waals surface area contributed by atoms with Gasteiger partial charge in [0.1, 0.15) is 6.54 Å². The normalized spacial score (nSPS) is 20.0. The summed E-state index contributed by atoms with van der Waals surface area (Å²) >= 11 is 0. The standard InChI is InChI=1S/C6H10N2O/c1-5-4-8(2)6(9)3-7-5/h3-4H2,1-2H3. The van der Waals surface area contributed by atoms with Crippen molar-refractivity contribution in [2.75, 3.05) is 20.1 Å². The predicted octanol–water partition coefficient (Wildman–Crippen LogP) is -0.0807. The maximum atomic E-state index is 10.8. The first kappa shape index (κ1) is 6.26. The first-order valence-corrected chi connectivity index (χ1v) is 2.94. The van der Waals surface area contributed by atoms with Crippen molar-refractivity contribution in [3.05, 3.63) is 0 Å². The quantitative estimate of drug-likeness (QED) is 0.447. The average Bonchev–Trinajstić information content (AvgIpc) is 1.80. The van der Waals surface area contributed by atoms with Crippen LogP contribution in [0.15, 0.2) is 4.99 Å². The third kappa shape index (κ3) is 1.28. The third-order valence-electron chi connectivity index (χ3n) is 1.38. The highest BCUT2D eigenvalue weighted by atomic mass is 16.2. The third-order valence-corrected chi connectivity index (χ3v) is 1.38. The highest BCUT2D eigenvalue weighted by Gasteiger charge is 2.12. The van der Waals surface area contributed by atoms with Crippen LogP contribution in [0.1, 0.15) is 6.92 Å². The predicted molar refractivity (Wildman–Crippen MR) is 35.6 cm³/mol. The van der Waals surface area contributed by atoms with Crippen LogP contribution in [0.3, 0.4) is 0 Å². The fourth-order valence-electron chi connectivity index (χ4n) is 0.805. The Balaban J connectivity index is 2.65. The first-order chi connectivity index (χ1) is 4.20. The van der Waals surface area contributed by atoms with Crippen molar-refractivity contribution in [3.63, 3.8) is 0 Å². The number of carbonyl (C=O) groups excluding carboxylic acids is 1. The van der Waals surface area contributed by atoms with Gasteiger partial charge in [0.2, 0.25) is 5.91 Å². The Morgan fingerprint density at radius 2 is 2.33 bits per heavy atom. The Kier molecular flexibility index (Phi) is 1.51. The lowest BCUT2D eigenvalue weighted by molar-refractivity contribution is -0.128. The molecule has 3 nitrogen and oxygen atoms in total. The summed E-state index contributed by atoms with van der Waals surface area (Å²) in [5, 5.41) is 0. The zero-order valence-electron chi connectivity index (χ0n) is 5.72. The van der Waals surface area contributed by atoms with E-state index >= 15 is 0 Å². The zero-order chi connectivity index (χ0) is 6.85. The Morgan fingerprint density at radius 3 is 2.78 bits per heavy atom. The Labute approximate surface area is 54.4 Å². The molecule has 1 aliphatic heterocycles. The van der Waals surface area contributed by atoms with E-state index in [0.29, 0.717) is 13.1 Å². The van der Waals surface area contributed by atoms with E-state index in [-0.39, 0.29) is 5.91 Å². The second-order valence-corrected chi connectivity index (χ2v) is 2.30. The lowest BCUT2D eigenvalue weighted by Gasteiger charge is -2.19. The molecule has 9 heavy (non-hydrogen) atoms. The summed E-state index contributed by atoms with van der Waals surface area (Å²) in [6.07, 6.45) is 0. The van der Waals surface area contributed by atoms with Crippen LogP contribution in [-0.4, -0.2) is 36.7 Å². The van der Waals surface area contributed by atoms with Crippen LogP contribution in [0.5, 0.6) is 0 Å². The number of rotatable bonds is 0. The van der Waals surface area contributed by atoms with Crippen molar-refractivity contribution in [1.29, 1.82) is 0 Å². The van der Waals surface area contributed by atoms with Gasteiger partial charge in [0.05, 0.1) is 6.54 Å². The van der Waals surface area contributed by atoms with Crippen LogP contribution < -0.4 is 0 Å². The SMILES string of the molecule is CC1=NCC(=O)N(C)C1. The maximum absolute atomic E-state index is 10.8. The smallest absolute Gasteiger partial charge is 0.244 e. The molecule has 0 aromatic heterocycles. The van der Waals surface area contributed by atoms with E-state index in [2.05, 4.69) is 4.99 Å². The summed E-state index contributed by atoms with van der Waals surface area (Å²) in [5.74, 6) is 0.112. The molecule has 0 unspecified atom stereocenters. The van der Waals surface area contributed by atoms with Crippen molar-refractivity contribution >= 4 is 11.6 Å². The molecule has 0 atom stereocenters. The highest BCUT2D eigenvalue weighted by Crippen LogP contribution is 1.94. The van der Waals surface area contributed by atoms with Crippen molar-refractivity contribution in [3.8, 4) is 0 Å². The largest absolute Gasteiger partial charge is 0.339 e. The molecule has 0 aromatic carbocycles. The molecule has 1 heterocycles. The van der Waals surface area contributed by atoms with Crippen LogP contribution in [-0.2, 0) is 4.79 Å². The summed E-state index contributed by atoms with van der Waals surface area (Å²) < 4.78 is 0. The van der Waals surface area contributed by atoms with Gasteiger partial charge in [-0.05, 0) is 6.92 Å². The Morgan fingerprint density at radius 1 is 1.67 bits per heavy atom. The molecule has 0 N–H and O–H groups in total. The molecular weight excluding hydrogens is 116 g/mol. The molecule has 0 radical (unpaired) electrons. The molecule has 1 rings (SSSR count). The van der Waals surface area contributed by atoms with Gasteiger partial charge in [-0.25, -0.2) is 0 Å². The molecule has 0 aliphatic carbocycles. The van der Waals surface area contributed by atoms with Gasteiger partial charge in [0, 0.05) is 12.8 Å². The molecule has 0 aromatic rings. The summed E-state index contributed by atoms with van der Waals surface area (Å²) in [5.41, 5.74) is 1.04. The second kappa shape index (κ2) is 2.17. The van der Waals surface area contributed by atoms with E-state index in [1.807, 2.05) is 6.92 Å². The Bertz CT molecular complexity index is 162. The van der Waals surface area contributed by atoms with Gasteiger partial charge in [-0.1, -0.05) is 0 Å². The van der Waals surface area contributed by atoms with Gasteiger partial charge in [-0.3, -0.25) is 9.79 Å². The molecule has 0 saturated heterocycles. The van der Waals surface area contributed by atoms with Crippen molar-refractivity contribution in [1.82, 2.24) is 4.90 Å². The molecule has 0 saturated carbocycles. The second-order valence-electron chi connectivity index (χ2n) is 2.30. The number of hydrogen-bond acceptors (Lipinski definition) is 2. The van der Waals surface area contributed by atoms with Gasteiger partial charge < -0.3 is 4.90 Å². The molecule has 0 bridgehead atoms. The van der Waals surface area contributed by atoms with E-state index in [9.17, 15) is 4.79 Å². The van der Waals surface area contributed by atoms with E-state index in [1.54, 1.807) is 11.9 Å². The van der Waals surface area contributed by atoms with Crippen LogP contribution >= 0.6 is 0 Å². The minimum Gasteiger partial charge on any atom is -0.339 e. The summed E-state index contributed by atoms with van der Waals surface area (Å²) in [4.78, 5) is 16.4. The van der Waals surface area contributed by atoms with Crippen LogP contribution in [0.25, 0.3) is 0 Å². The molecular formula is C6H10N2O. The number of hydrogen-bond donors (Lipinski definition) is 0. The lowest BCUT2D eigenvalue weighted by atomic mass is 10.3. The number of nitrogens with zero attached hydrogens (tertiary/aromatic N) is 2. The monoisotopic (exact) mass is 126 g/mol. The molecule has 3 heteroatoms. The van der Waals surface area contributed by atoms with E-state index in [1.165, 1.54) is 0 Å². The van der Waals surface area contributed by atoms with Crippen molar-refractivity contribution in [2.45, 2.75) is 6.92 Å². The molecule has 50 valence electrons. The van der Waals surface area contributed by atoms with Crippen LogP contribution in [0.2, 0.25) is 0 Å². The van der Waals surface area contributed by atoms with E-state index in [0.717, 1.165) is 5.71 Å². The number of aliphatic imine (C=N–C) groups is 1. The van der Waals surface area contributed by atoms with E-state index in [4.69, 9.17) is 0 Å². The molecule has 0 fully saturated rings. The molecule has 0 spiro atoms. The van der Waals surface area contributed by atoms with Crippen LogP contribution in [0.4, 0.5) is 0 Å². The van der Waals surface area contributed by atoms with Gasteiger partial charge in [0.25, 0.3) is 0 Å². The fraction of sp³-hybridized carbons (Fsp3) is 0.667. The van der Waals surface area contributed by atoms with Crippen LogP contribution in [0, 0.1) is 0 Å². The van der Waals surface area contributed by atoms with Gasteiger partial charge in [0.15, 0.2) is 0 Å². The first-order valence-electron chi connectivity index (χ1n) is 2.94. The molecule has 1 aliphatic rings. The Hall–Kier alpha value is -0.860. The maximum Gasteiger partial charge on any atom is 0.244 e. The highest BCUT2D eigenvalue weighted by molar-refractivity contribution is 5.93. The minimum atomic E-state index is 0.112. The van der Waals surface area contributed by atoms with Crippen molar-refractivity contribution in [2.24, 2.45) is 4.99 Å². The minimum absolute atomic E-state index is 0.112. The summed E-state index contributed by atoms with van der Waals surface area (Å²) in [7, 11) is 1.79. The topological polar surface area (TPSA) is 32.7 Å². The molecule has 1 amide bonds. The fourth-order valence-corrected chi connectivity index (χ4v) is 0.805. The average molecular weight is 126 g/mol. The summed E-state index contributed by atoms with van der Waals surface area (Å²) in [6, 6.07) is 0. The van der Waals surface area contributed by atoms with Gasteiger partial charge in [-0.15, -0.1) is 0 Å². The number of likely N-dealkylation sites (N-methyl/N-ethyl adjacent to an activating group) is 1. The van der Waals surface area contributed by atoms with Gasteiger partial charge >= 0.3 is 0 Å². The lowest BCUT2D eigenvalue weighted by Crippen LogP contribution is -2.36. The van der Waals surface area contributed by atoms with Gasteiger partial charge in [-0.2, -0.15) is 0 Å². The number of amides is 1. The number of carbonyl (C=O) groups is 1. The summed E-state index contributed by atoms with van der Waals surface area (Å²) in [6.45, 7) is 2.96. The zero-order valence-corrected chi connectivity index (χ0v) is 5.72. The van der Waals surface area contributed by atoms with E-state index < -0.39 is 0 Å². The van der Waals surface area contributed by atoms with Crippen molar-refractivity contribution < 1.29 is 4.79 Å².